The Balaban J connectivity index is 1.35. The number of hydrogen-bond donors (Lipinski definition) is 2. The zero-order chi connectivity index (χ0) is 20.6. The Morgan fingerprint density at radius 2 is 2.00 bits per heavy atom. The van der Waals surface area contributed by atoms with Crippen LogP contribution in [0.5, 0.6) is 0 Å². The standard InChI is InChI=1S/C22H29N5O2/c1-22(10-11-22)19(23)21(29)27-13-3-4-18(27)20(28)24-14-15-5-7-16(8-6-15)17-9-12-25-26(17)2/h5-9,12,18-19H,3-4,10-11,13-14,23H2,1-2H3,(H,24,28). The van der Waals surface area contributed by atoms with Crippen molar-refractivity contribution in [3.8, 4) is 11.3 Å². The topological polar surface area (TPSA) is 93.2 Å². The van der Waals surface area contributed by atoms with Crippen LogP contribution < -0.4 is 11.1 Å². The second-order valence-electron chi connectivity index (χ2n) is 8.58. The van der Waals surface area contributed by atoms with E-state index >= 15 is 0 Å². The van der Waals surface area contributed by atoms with Crippen LogP contribution >= 0.6 is 0 Å². The maximum absolute atomic E-state index is 12.8. The second-order valence-corrected chi connectivity index (χ2v) is 8.58. The van der Waals surface area contributed by atoms with E-state index in [9.17, 15) is 9.59 Å². The van der Waals surface area contributed by atoms with Crippen molar-refractivity contribution in [3.63, 3.8) is 0 Å². The van der Waals surface area contributed by atoms with Crippen LogP contribution in [0.25, 0.3) is 11.3 Å². The van der Waals surface area contributed by atoms with Gasteiger partial charge in [-0.2, -0.15) is 5.10 Å². The van der Waals surface area contributed by atoms with E-state index in [1.165, 1.54) is 0 Å². The Bertz CT molecular complexity index is 900. The number of aryl methyl sites for hydroxylation is 1. The summed E-state index contributed by atoms with van der Waals surface area (Å²) in [7, 11) is 1.91. The zero-order valence-corrected chi connectivity index (χ0v) is 17.1. The number of nitrogens with two attached hydrogens (primary N) is 1. The smallest absolute Gasteiger partial charge is 0.243 e. The van der Waals surface area contributed by atoms with E-state index in [4.69, 9.17) is 5.73 Å². The molecule has 154 valence electrons. The molecule has 3 N–H and O–H groups in total. The predicted molar refractivity (Wildman–Crippen MR) is 111 cm³/mol. The fourth-order valence-corrected chi connectivity index (χ4v) is 4.05. The van der Waals surface area contributed by atoms with E-state index in [-0.39, 0.29) is 17.2 Å². The van der Waals surface area contributed by atoms with Gasteiger partial charge < -0.3 is 16.0 Å². The highest BCUT2D eigenvalue weighted by molar-refractivity contribution is 5.90. The van der Waals surface area contributed by atoms with Gasteiger partial charge in [-0.25, -0.2) is 0 Å². The average molecular weight is 396 g/mol. The number of nitrogens with one attached hydrogen (secondary N) is 1. The number of benzene rings is 1. The summed E-state index contributed by atoms with van der Waals surface area (Å²) in [5.74, 6) is -0.178. The first-order valence-electron chi connectivity index (χ1n) is 10.3. The molecule has 4 rings (SSSR count). The molecule has 2 unspecified atom stereocenters. The van der Waals surface area contributed by atoms with Crippen LogP contribution in [0.2, 0.25) is 0 Å². The van der Waals surface area contributed by atoms with Crippen molar-refractivity contribution in [2.45, 2.75) is 51.2 Å². The van der Waals surface area contributed by atoms with Crippen molar-refractivity contribution in [2.75, 3.05) is 6.54 Å². The molecule has 2 amide bonds. The van der Waals surface area contributed by atoms with Crippen LogP contribution in [0.15, 0.2) is 36.5 Å². The molecule has 2 fully saturated rings. The van der Waals surface area contributed by atoms with Gasteiger partial charge in [0.15, 0.2) is 0 Å². The van der Waals surface area contributed by atoms with Crippen molar-refractivity contribution in [2.24, 2.45) is 18.2 Å². The molecule has 0 radical (unpaired) electrons. The van der Waals surface area contributed by atoms with E-state index in [0.29, 0.717) is 19.5 Å². The summed E-state index contributed by atoms with van der Waals surface area (Å²) >= 11 is 0. The predicted octanol–water partition coefficient (Wildman–Crippen LogP) is 1.82. The quantitative estimate of drug-likeness (QED) is 0.780. The first kappa shape index (κ1) is 19.6. The second kappa shape index (κ2) is 7.63. The fourth-order valence-electron chi connectivity index (χ4n) is 4.05. The Morgan fingerprint density at radius 1 is 1.28 bits per heavy atom. The molecule has 29 heavy (non-hydrogen) atoms. The lowest BCUT2D eigenvalue weighted by Gasteiger charge is -2.29. The molecular weight excluding hydrogens is 366 g/mol. The van der Waals surface area contributed by atoms with Crippen molar-refractivity contribution < 1.29 is 9.59 Å². The lowest BCUT2D eigenvalue weighted by atomic mass is 9.98. The largest absolute Gasteiger partial charge is 0.350 e. The van der Waals surface area contributed by atoms with Gasteiger partial charge in [-0.05, 0) is 48.3 Å². The minimum Gasteiger partial charge on any atom is -0.350 e. The first-order chi connectivity index (χ1) is 13.9. The number of aromatic nitrogens is 2. The third-order valence-corrected chi connectivity index (χ3v) is 6.43. The highest BCUT2D eigenvalue weighted by Crippen LogP contribution is 2.48. The van der Waals surface area contributed by atoms with Crippen LogP contribution in [-0.2, 0) is 23.2 Å². The van der Waals surface area contributed by atoms with E-state index in [1.807, 2.05) is 42.1 Å². The molecule has 2 aromatic rings. The highest BCUT2D eigenvalue weighted by Gasteiger charge is 2.49. The Kier molecular flexibility index (Phi) is 5.17. The number of carbonyl (C=O) groups is 2. The van der Waals surface area contributed by atoms with Gasteiger partial charge in [-0.1, -0.05) is 31.2 Å². The Hall–Kier alpha value is -2.67. The average Bonchev–Trinajstić information content (AvgIpc) is 3.11. The number of amides is 2. The van der Waals surface area contributed by atoms with Gasteiger partial charge >= 0.3 is 0 Å². The fraction of sp³-hybridized carbons (Fsp3) is 0.500. The molecule has 2 heterocycles. The van der Waals surface area contributed by atoms with Crippen LogP contribution in [0.3, 0.4) is 0 Å². The molecule has 2 aliphatic rings. The molecule has 0 spiro atoms. The number of carbonyl (C=O) groups excluding carboxylic acids is 2. The van der Waals surface area contributed by atoms with Gasteiger partial charge in [0.1, 0.15) is 6.04 Å². The van der Waals surface area contributed by atoms with E-state index < -0.39 is 12.1 Å². The van der Waals surface area contributed by atoms with Crippen molar-refractivity contribution in [1.82, 2.24) is 20.0 Å². The summed E-state index contributed by atoms with van der Waals surface area (Å²) in [6.07, 6.45) is 5.28. The lowest BCUT2D eigenvalue weighted by Crippen LogP contribution is -2.53. The first-order valence-corrected chi connectivity index (χ1v) is 10.3. The van der Waals surface area contributed by atoms with E-state index in [1.54, 1.807) is 11.1 Å². The van der Waals surface area contributed by atoms with Crippen molar-refractivity contribution in [1.29, 1.82) is 0 Å². The summed E-state index contributed by atoms with van der Waals surface area (Å²) in [5, 5.41) is 7.18. The summed E-state index contributed by atoms with van der Waals surface area (Å²) in [5.41, 5.74) is 9.25. The number of rotatable bonds is 6. The molecule has 1 saturated carbocycles. The number of likely N-dealkylation sites (tertiary alicyclic amines) is 1. The van der Waals surface area contributed by atoms with Gasteiger partial charge in [0, 0.05) is 26.3 Å². The van der Waals surface area contributed by atoms with Gasteiger partial charge in [0.2, 0.25) is 11.8 Å². The van der Waals surface area contributed by atoms with E-state index in [2.05, 4.69) is 17.3 Å². The molecule has 2 atom stereocenters. The van der Waals surface area contributed by atoms with Crippen LogP contribution in [0.4, 0.5) is 0 Å². The van der Waals surface area contributed by atoms with Crippen LogP contribution in [0.1, 0.15) is 38.2 Å². The SMILES string of the molecule is Cn1nccc1-c1ccc(CNC(=O)C2CCCN2C(=O)C(N)C2(C)CC2)cc1. The molecule has 1 saturated heterocycles. The van der Waals surface area contributed by atoms with Crippen molar-refractivity contribution in [3.05, 3.63) is 42.1 Å². The minimum atomic E-state index is -0.504. The molecule has 7 heteroatoms. The molecule has 1 aromatic carbocycles. The number of nitrogens with zero attached hydrogens (tertiary/aromatic N) is 3. The zero-order valence-electron chi connectivity index (χ0n) is 17.1. The molecule has 1 aliphatic heterocycles. The summed E-state index contributed by atoms with van der Waals surface area (Å²) in [4.78, 5) is 27.3. The third-order valence-electron chi connectivity index (χ3n) is 6.43. The maximum atomic E-state index is 12.8. The van der Waals surface area contributed by atoms with Gasteiger partial charge in [0.05, 0.1) is 11.7 Å². The van der Waals surface area contributed by atoms with Crippen LogP contribution in [0, 0.1) is 5.41 Å². The summed E-state index contributed by atoms with van der Waals surface area (Å²) in [6.45, 7) is 3.10. The van der Waals surface area contributed by atoms with Gasteiger partial charge in [0.25, 0.3) is 0 Å². The van der Waals surface area contributed by atoms with Crippen LogP contribution in [-0.4, -0.2) is 45.1 Å². The molecule has 1 aromatic heterocycles. The van der Waals surface area contributed by atoms with Gasteiger partial charge in [-0.3, -0.25) is 14.3 Å². The van der Waals surface area contributed by atoms with Crippen molar-refractivity contribution >= 4 is 11.8 Å². The summed E-state index contributed by atoms with van der Waals surface area (Å²) in [6, 6.07) is 9.11. The maximum Gasteiger partial charge on any atom is 0.243 e. The number of hydrogen-bond acceptors (Lipinski definition) is 4. The third kappa shape index (κ3) is 3.92. The normalized spacial score (nSPS) is 21.1. The molecule has 7 nitrogen and oxygen atoms in total. The van der Waals surface area contributed by atoms with Gasteiger partial charge in [-0.15, -0.1) is 0 Å². The molecular formula is C22H29N5O2. The molecule has 1 aliphatic carbocycles. The highest BCUT2D eigenvalue weighted by atomic mass is 16.2. The Morgan fingerprint density at radius 3 is 2.62 bits per heavy atom. The summed E-state index contributed by atoms with van der Waals surface area (Å²) < 4.78 is 1.83. The minimum absolute atomic E-state index is 0.0804. The van der Waals surface area contributed by atoms with E-state index in [0.717, 1.165) is 36.1 Å². The molecule has 0 bridgehead atoms. The Labute approximate surface area is 171 Å². The lowest BCUT2D eigenvalue weighted by molar-refractivity contribution is -0.140. The monoisotopic (exact) mass is 395 g/mol.